The lowest BCUT2D eigenvalue weighted by Gasteiger charge is -2.10. The Kier molecular flexibility index (Phi) is 8.07. The number of aromatic nitrogens is 2. The fourth-order valence-electron chi connectivity index (χ4n) is 3.91. The molecule has 3 rings (SSSR count). The first-order valence-electron chi connectivity index (χ1n) is 11.0. The normalized spacial score (nSPS) is 11.4. The number of fused-ring (bicyclic) bond motifs is 1. The first-order valence-corrected chi connectivity index (χ1v) is 11.0. The number of hydrogen-bond acceptors (Lipinski definition) is 1. The molecule has 0 aliphatic heterocycles. The highest BCUT2D eigenvalue weighted by Crippen LogP contribution is 2.27. The number of benzene rings is 2. The summed E-state index contributed by atoms with van der Waals surface area (Å²) in [6.45, 7) is 3.15. The SMILES string of the molecule is CCCCCCCCCCCCn1c(-c2ccccc2F)nc2ccccc21. The molecule has 0 saturated heterocycles. The number of para-hydroxylation sites is 2. The van der Waals surface area contributed by atoms with Gasteiger partial charge in [0, 0.05) is 6.54 Å². The van der Waals surface area contributed by atoms with Gasteiger partial charge in [-0.25, -0.2) is 9.37 Å². The van der Waals surface area contributed by atoms with Crippen molar-refractivity contribution in [1.82, 2.24) is 9.55 Å². The number of unbranched alkanes of at least 4 members (excludes halogenated alkanes) is 9. The Morgan fingerprint density at radius 1 is 0.750 bits per heavy atom. The van der Waals surface area contributed by atoms with Crippen LogP contribution >= 0.6 is 0 Å². The minimum absolute atomic E-state index is 0.206. The fourth-order valence-corrected chi connectivity index (χ4v) is 3.91. The van der Waals surface area contributed by atoms with Gasteiger partial charge in [-0.15, -0.1) is 0 Å². The third-order valence-corrected chi connectivity index (χ3v) is 5.50. The summed E-state index contributed by atoms with van der Waals surface area (Å²) >= 11 is 0. The molecule has 0 fully saturated rings. The summed E-state index contributed by atoms with van der Waals surface area (Å²) < 4.78 is 16.6. The maximum absolute atomic E-state index is 14.4. The topological polar surface area (TPSA) is 17.8 Å². The minimum Gasteiger partial charge on any atom is -0.324 e. The second-order valence-electron chi connectivity index (χ2n) is 7.74. The van der Waals surface area contributed by atoms with E-state index in [1.54, 1.807) is 6.07 Å². The van der Waals surface area contributed by atoms with E-state index in [0.29, 0.717) is 5.56 Å². The van der Waals surface area contributed by atoms with E-state index in [2.05, 4.69) is 17.6 Å². The summed E-state index contributed by atoms with van der Waals surface area (Å²) in [5.41, 5.74) is 2.62. The van der Waals surface area contributed by atoms with Crippen molar-refractivity contribution < 1.29 is 4.39 Å². The lowest BCUT2D eigenvalue weighted by atomic mass is 10.1. The molecule has 0 saturated carbocycles. The number of halogens is 1. The molecule has 0 radical (unpaired) electrons. The largest absolute Gasteiger partial charge is 0.324 e. The Morgan fingerprint density at radius 2 is 1.36 bits per heavy atom. The zero-order valence-corrected chi connectivity index (χ0v) is 17.2. The fraction of sp³-hybridized carbons (Fsp3) is 0.480. The van der Waals surface area contributed by atoms with Crippen LogP contribution in [0.15, 0.2) is 48.5 Å². The van der Waals surface area contributed by atoms with Crippen LogP contribution in [0.2, 0.25) is 0 Å². The van der Waals surface area contributed by atoms with Crippen molar-refractivity contribution >= 4 is 11.0 Å². The molecule has 2 nitrogen and oxygen atoms in total. The first kappa shape index (κ1) is 20.6. The van der Waals surface area contributed by atoms with Gasteiger partial charge in [-0.05, 0) is 30.7 Å². The van der Waals surface area contributed by atoms with Gasteiger partial charge in [-0.1, -0.05) is 89.0 Å². The van der Waals surface area contributed by atoms with Gasteiger partial charge in [0.25, 0.3) is 0 Å². The van der Waals surface area contributed by atoms with Crippen molar-refractivity contribution in [2.45, 2.75) is 77.7 Å². The third kappa shape index (κ3) is 5.43. The van der Waals surface area contributed by atoms with Crippen molar-refractivity contribution in [1.29, 1.82) is 0 Å². The highest BCUT2D eigenvalue weighted by atomic mass is 19.1. The Hall–Kier alpha value is -2.16. The van der Waals surface area contributed by atoms with Gasteiger partial charge in [0.15, 0.2) is 0 Å². The van der Waals surface area contributed by atoms with Gasteiger partial charge >= 0.3 is 0 Å². The molecular weight excluding hydrogens is 347 g/mol. The molecule has 0 unspecified atom stereocenters. The zero-order valence-electron chi connectivity index (χ0n) is 17.2. The Labute approximate surface area is 168 Å². The molecule has 28 heavy (non-hydrogen) atoms. The number of imidazole rings is 1. The summed E-state index contributed by atoms with van der Waals surface area (Å²) in [7, 11) is 0. The van der Waals surface area contributed by atoms with E-state index in [1.165, 1.54) is 63.9 Å². The number of nitrogens with zero attached hydrogens (tertiary/aromatic N) is 2. The molecule has 0 spiro atoms. The van der Waals surface area contributed by atoms with Crippen molar-refractivity contribution in [2.24, 2.45) is 0 Å². The molecule has 1 aromatic heterocycles. The molecule has 0 aliphatic carbocycles. The maximum atomic E-state index is 14.4. The predicted octanol–water partition coefficient (Wildman–Crippen LogP) is 7.76. The van der Waals surface area contributed by atoms with Crippen LogP contribution in [0.25, 0.3) is 22.4 Å². The second-order valence-corrected chi connectivity index (χ2v) is 7.74. The van der Waals surface area contributed by atoms with Crippen molar-refractivity contribution in [3.63, 3.8) is 0 Å². The molecule has 3 heteroatoms. The molecule has 0 aliphatic rings. The van der Waals surface area contributed by atoms with Crippen LogP contribution in [0.5, 0.6) is 0 Å². The summed E-state index contributed by atoms with van der Waals surface area (Å²) in [5.74, 6) is 0.539. The Morgan fingerprint density at radius 3 is 2.07 bits per heavy atom. The Balaban J connectivity index is 1.56. The molecule has 2 aromatic carbocycles. The van der Waals surface area contributed by atoms with Gasteiger partial charge in [-0.3, -0.25) is 0 Å². The van der Waals surface area contributed by atoms with Crippen LogP contribution in [0.4, 0.5) is 4.39 Å². The van der Waals surface area contributed by atoms with E-state index in [4.69, 9.17) is 4.98 Å². The molecule has 0 N–H and O–H groups in total. The van der Waals surface area contributed by atoms with E-state index in [1.807, 2.05) is 30.3 Å². The molecule has 0 amide bonds. The monoisotopic (exact) mass is 380 g/mol. The second kappa shape index (κ2) is 11.0. The van der Waals surface area contributed by atoms with Gasteiger partial charge in [-0.2, -0.15) is 0 Å². The van der Waals surface area contributed by atoms with Crippen LogP contribution in [0.1, 0.15) is 71.1 Å². The molecule has 0 atom stereocenters. The van der Waals surface area contributed by atoms with E-state index in [-0.39, 0.29) is 5.82 Å². The number of aryl methyl sites for hydroxylation is 1. The van der Waals surface area contributed by atoms with Crippen LogP contribution in [0.3, 0.4) is 0 Å². The first-order chi connectivity index (χ1) is 13.8. The summed E-state index contributed by atoms with van der Waals surface area (Å²) in [4.78, 5) is 4.73. The maximum Gasteiger partial charge on any atom is 0.144 e. The highest BCUT2D eigenvalue weighted by Gasteiger charge is 2.14. The molecular formula is C25H33FN2. The van der Waals surface area contributed by atoms with E-state index in [9.17, 15) is 4.39 Å². The van der Waals surface area contributed by atoms with Gasteiger partial charge in [0.2, 0.25) is 0 Å². The minimum atomic E-state index is -0.206. The average Bonchev–Trinajstić information content (AvgIpc) is 3.08. The van der Waals surface area contributed by atoms with Gasteiger partial charge in [0.1, 0.15) is 11.6 Å². The summed E-state index contributed by atoms with van der Waals surface area (Å²) in [6, 6.07) is 15.1. The van der Waals surface area contributed by atoms with Crippen molar-refractivity contribution in [3.05, 3.63) is 54.3 Å². The third-order valence-electron chi connectivity index (χ3n) is 5.50. The van der Waals surface area contributed by atoms with Crippen molar-refractivity contribution in [3.8, 4) is 11.4 Å². The molecule has 0 bridgehead atoms. The van der Waals surface area contributed by atoms with Crippen molar-refractivity contribution in [2.75, 3.05) is 0 Å². The summed E-state index contributed by atoms with van der Waals surface area (Å²) in [6.07, 6.45) is 13.2. The standard InChI is InChI=1S/C25H33FN2/c1-2-3-4-5-6-7-8-9-10-15-20-28-24-19-14-13-18-23(24)27-25(28)21-16-11-12-17-22(21)26/h11-14,16-19H,2-10,15,20H2,1H3. The van der Waals surface area contributed by atoms with E-state index in [0.717, 1.165) is 29.8 Å². The predicted molar refractivity (Wildman–Crippen MR) is 117 cm³/mol. The molecule has 150 valence electrons. The van der Waals surface area contributed by atoms with Crippen LogP contribution in [-0.4, -0.2) is 9.55 Å². The zero-order chi connectivity index (χ0) is 19.6. The number of hydrogen-bond donors (Lipinski definition) is 0. The van der Waals surface area contributed by atoms with Gasteiger partial charge in [0.05, 0.1) is 16.6 Å². The van der Waals surface area contributed by atoms with Crippen LogP contribution in [-0.2, 0) is 6.54 Å². The van der Waals surface area contributed by atoms with E-state index < -0.39 is 0 Å². The smallest absolute Gasteiger partial charge is 0.144 e. The van der Waals surface area contributed by atoms with Gasteiger partial charge < -0.3 is 4.57 Å². The lowest BCUT2D eigenvalue weighted by molar-refractivity contribution is 0.538. The Bertz CT molecular complexity index is 853. The molecule has 1 heterocycles. The lowest BCUT2D eigenvalue weighted by Crippen LogP contribution is -2.02. The number of rotatable bonds is 12. The average molecular weight is 381 g/mol. The summed E-state index contributed by atoms with van der Waals surface area (Å²) in [5, 5.41) is 0. The van der Waals surface area contributed by atoms with Crippen LogP contribution < -0.4 is 0 Å². The molecule has 3 aromatic rings. The quantitative estimate of drug-likeness (QED) is 0.293. The van der Waals surface area contributed by atoms with E-state index >= 15 is 0 Å². The van der Waals surface area contributed by atoms with Crippen LogP contribution in [0, 0.1) is 5.82 Å². The highest BCUT2D eigenvalue weighted by molar-refractivity contribution is 5.80.